The molecule has 0 fully saturated rings. The van der Waals surface area contributed by atoms with Crippen molar-refractivity contribution >= 4 is 66.5 Å². The van der Waals surface area contributed by atoms with Crippen molar-refractivity contribution in [2.24, 2.45) is 28.3 Å². The summed E-state index contributed by atoms with van der Waals surface area (Å²) < 4.78 is 64.6. The van der Waals surface area contributed by atoms with Crippen molar-refractivity contribution in [3.8, 4) is 0 Å². The molecule has 0 aliphatic carbocycles. The van der Waals surface area contributed by atoms with Crippen LogP contribution in [0.5, 0.6) is 0 Å². The van der Waals surface area contributed by atoms with Gasteiger partial charge in [-0.3, -0.25) is 29.0 Å². The van der Waals surface area contributed by atoms with Gasteiger partial charge in [-0.05, 0) is 106 Å². The number of aliphatic imine (C=N–C) groups is 1. The van der Waals surface area contributed by atoms with E-state index in [-0.39, 0.29) is 48.1 Å². The zero-order chi connectivity index (χ0) is 55.5. The number of hydrogen-bond acceptors (Lipinski definition) is 12. The molecule has 1 aromatic heterocycles. The molecule has 9 N–H and O–H groups in total. The van der Waals surface area contributed by atoms with Crippen LogP contribution in [0, 0.1) is 53.4 Å². The normalized spacial score (nSPS) is 13.7. The summed E-state index contributed by atoms with van der Waals surface area (Å²) in [5, 5.41) is 11.2. The van der Waals surface area contributed by atoms with E-state index in [9.17, 15) is 40.8 Å². The number of hydrogen-bond donors (Lipinski definition) is 7. The number of guanidine groups is 1. The average molecular weight is 1070 g/mol. The van der Waals surface area contributed by atoms with E-state index in [2.05, 4.69) is 31.0 Å². The molecular weight excluding hydrogens is 999 g/mol. The van der Waals surface area contributed by atoms with Gasteiger partial charge in [0.1, 0.15) is 31.3 Å². The second-order valence-corrected chi connectivity index (χ2v) is 23.0. The van der Waals surface area contributed by atoms with Gasteiger partial charge >= 0.3 is 5.97 Å². The highest BCUT2D eigenvalue weighted by Gasteiger charge is 2.34. The maximum Gasteiger partial charge on any atom is 0.325 e. The number of sulfonamides is 1. The van der Waals surface area contributed by atoms with Gasteiger partial charge < -0.3 is 37.5 Å². The Morgan fingerprint density at radius 2 is 1.23 bits per heavy atom. The molecule has 4 amide bonds. The molecule has 4 atom stereocenters. The summed E-state index contributed by atoms with van der Waals surface area (Å²) in [6.07, 6.45) is 1.05. The van der Waals surface area contributed by atoms with Crippen LogP contribution in [-0.4, -0.2) is 93.6 Å². The first-order chi connectivity index (χ1) is 35.2. The van der Waals surface area contributed by atoms with Crippen molar-refractivity contribution in [1.82, 2.24) is 30.0 Å². The predicted octanol–water partition coefficient (Wildman–Crippen LogP) is 4.30. The quantitative estimate of drug-likeness (QED) is 0.0209. The van der Waals surface area contributed by atoms with Crippen molar-refractivity contribution < 1.29 is 45.5 Å². The second kappa shape index (κ2) is 25.4. The van der Waals surface area contributed by atoms with E-state index in [0.717, 1.165) is 20.7 Å². The third-order valence-corrected chi connectivity index (χ3v) is 16.2. The molecule has 0 saturated heterocycles. The summed E-state index contributed by atoms with van der Waals surface area (Å²) >= 11 is 0. The van der Waals surface area contributed by atoms with Crippen molar-refractivity contribution in [1.29, 1.82) is 0 Å². The molecule has 0 aliphatic heterocycles. The number of nitrogens with zero attached hydrogens (tertiary/aromatic N) is 2. The molecule has 5 rings (SSSR count). The Morgan fingerprint density at radius 3 is 1.81 bits per heavy atom. The smallest absolute Gasteiger partial charge is 0.325 e. The van der Waals surface area contributed by atoms with Gasteiger partial charge in [0.2, 0.25) is 29.6 Å². The summed E-state index contributed by atoms with van der Waals surface area (Å²) in [7, 11) is -8.36. The van der Waals surface area contributed by atoms with E-state index >= 15 is 0 Å². The fourth-order valence-corrected chi connectivity index (χ4v) is 12.2. The molecule has 21 heteroatoms. The van der Waals surface area contributed by atoms with Gasteiger partial charge in [0.05, 0.1) is 21.3 Å². The summed E-state index contributed by atoms with van der Waals surface area (Å²) in [6, 6.07) is 17.6. The molecule has 0 spiro atoms. The highest BCUT2D eigenvalue weighted by Crippen LogP contribution is 2.31. The van der Waals surface area contributed by atoms with Crippen LogP contribution in [-0.2, 0) is 61.8 Å². The van der Waals surface area contributed by atoms with Gasteiger partial charge in [-0.15, -0.1) is 0 Å². The number of rotatable bonds is 23. The maximum atomic E-state index is 14.7. The molecule has 5 aromatic rings. The second-order valence-electron chi connectivity index (χ2n) is 19.6. The molecule has 0 radical (unpaired) electrons. The number of carbonyl (C=O) groups excluding carboxylic acids is 5. The number of fused-ring (bicyclic) bond motifs is 1. The van der Waals surface area contributed by atoms with Crippen LogP contribution in [0.25, 0.3) is 10.9 Å². The Labute approximate surface area is 440 Å². The number of para-hydroxylation sites is 1. The van der Waals surface area contributed by atoms with Gasteiger partial charge in [-0.1, -0.05) is 112 Å². The lowest BCUT2D eigenvalue weighted by Crippen LogP contribution is -2.59. The first kappa shape index (κ1) is 58.8. The van der Waals surface area contributed by atoms with Crippen LogP contribution >= 0.6 is 0 Å². The zero-order valence-electron chi connectivity index (χ0n) is 44.2. The van der Waals surface area contributed by atoms with E-state index in [4.69, 9.17) is 16.2 Å². The van der Waals surface area contributed by atoms with Gasteiger partial charge in [0, 0.05) is 24.5 Å². The fraction of sp³-hybridized carbons (Fsp3) is 0.407. The van der Waals surface area contributed by atoms with E-state index in [1.807, 2.05) is 19.9 Å². The number of benzene rings is 4. The Morgan fingerprint density at radius 1 is 0.680 bits per heavy atom. The Kier molecular flexibility index (Phi) is 19.9. The summed E-state index contributed by atoms with van der Waals surface area (Å²) in [6.45, 7) is 16.7. The fourth-order valence-electron chi connectivity index (χ4n) is 8.95. The lowest BCUT2D eigenvalue weighted by molar-refractivity contribution is -0.145. The molecule has 0 saturated carbocycles. The van der Waals surface area contributed by atoms with E-state index in [1.54, 1.807) is 128 Å². The standard InChI is InChI=1S/C54H71N9O10S2/c1-31(2)46(55)52(67)60-43(27-40-29-63(44-21-15-14-19-41(40)44)75(71,72)49-37(9)25-34(6)26-38(49)10)51(66)59-42(20-16-22-57-54(56)62-74(69,70)48-35(7)23-33(5)24-36(48)8)50(65)61-47(32(3)4)53(68)58-28-45(64)73-30-39-17-12-11-13-18-39/h11-15,17-19,21,23-26,29,31-32,42-43,46-47H,16,20,22,27-28,30,55H2,1-10H3,(H,58,68)(H,59,66)(H,60,67)(H,61,65)(H3,56,57,62)/t42-,43-,46-,47-/m0/s1. The number of carbonyl (C=O) groups is 5. The highest BCUT2D eigenvalue weighted by molar-refractivity contribution is 7.90. The zero-order valence-corrected chi connectivity index (χ0v) is 45.9. The van der Waals surface area contributed by atoms with E-state index < -0.39 is 92.2 Å². The van der Waals surface area contributed by atoms with Crippen LogP contribution in [0.2, 0.25) is 0 Å². The Hall–Kier alpha value is -7.10. The number of nitrogens with one attached hydrogen (secondary N) is 5. The van der Waals surface area contributed by atoms with Crippen molar-refractivity contribution in [2.45, 2.75) is 129 Å². The minimum absolute atomic E-state index is 0.0201. The van der Waals surface area contributed by atoms with Crippen LogP contribution in [0.4, 0.5) is 0 Å². The van der Waals surface area contributed by atoms with Crippen LogP contribution in [0.3, 0.4) is 0 Å². The first-order valence-corrected chi connectivity index (χ1v) is 27.6. The topological polar surface area (TPSA) is 292 Å². The van der Waals surface area contributed by atoms with Crippen molar-refractivity contribution in [3.63, 3.8) is 0 Å². The Balaban J connectivity index is 1.45. The molecular formula is C54H71N9O10S2. The van der Waals surface area contributed by atoms with Crippen LogP contribution in [0.15, 0.2) is 99.8 Å². The predicted molar refractivity (Wildman–Crippen MR) is 288 cm³/mol. The Bertz CT molecular complexity index is 3130. The van der Waals surface area contributed by atoms with Gasteiger partial charge in [-0.25, -0.2) is 25.5 Å². The number of ether oxygens (including phenoxy) is 1. The third-order valence-electron chi connectivity index (χ3n) is 12.5. The van der Waals surface area contributed by atoms with Gasteiger partial charge in [0.25, 0.3) is 20.0 Å². The molecule has 404 valence electrons. The average Bonchev–Trinajstić information content (AvgIpc) is 3.70. The highest BCUT2D eigenvalue weighted by atomic mass is 32.2. The largest absolute Gasteiger partial charge is 0.460 e. The molecule has 1 heterocycles. The van der Waals surface area contributed by atoms with Crippen LogP contribution < -0.4 is 37.5 Å². The minimum atomic E-state index is -4.22. The van der Waals surface area contributed by atoms with Crippen molar-refractivity contribution in [2.75, 3.05) is 13.1 Å². The SMILES string of the molecule is Cc1cc(C)c(S(=O)(=O)NC(N)=NCCC[C@H](NC(=O)[C@H](Cc2cn(S(=O)(=O)c3c(C)cc(C)cc3C)c3ccccc23)NC(=O)[C@@H](N)C(C)C)C(=O)N[C@H](C(=O)NCC(=O)OCc2ccccc2)C(C)C)c(C)c1. The number of aromatic nitrogens is 1. The summed E-state index contributed by atoms with van der Waals surface area (Å²) in [5.74, 6) is -5.09. The van der Waals surface area contributed by atoms with E-state index in [1.165, 1.54) is 6.20 Å². The molecule has 0 bridgehead atoms. The van der Waals surface area contributed by atoms with Crippen LogP contribution in [0.1, 0.15) is 85.0 Å². The monoisotopic (exact) mass is 1070 g/mol. The lowest BCUT2D eigenvalue weighted by atomic mass is 10.00. The van der Waals surface area contributed by atoms with Gasteiger partial charge in [-0.2, -0.15) is 0 Å². The summed E-state index contributed by atoms with van der Waals surface area (Å²) in [5.41, 5.74) is 17.7. The number of aryl methyl sites for hydroxylation is 6. The number of esters is 1. The molecule has 75 heavy (non-hydrogen) atoms. The van der Waals surface area contributed by atoms with E-state index in [0.29, 0.717) is 38.7 Å². The number of nitrogens with two attached hydrogens (primary N) is 2. The van der Waals surface area contributed by atoms with Crippen molar-refractivity contribution in [3.05, 3.63) is 130 Å². The lowest BCUT2D eigenvalue weighted by Gasteiger charge is -2.27. The first-order valence-electron chi connectivity index (χ1n) is 24.7. The maximum absolute atomic E-state index is 14.7. The number of amides is 4. The molecule has 0 aliphatic rings. The molecule has 19 nitrogen and oxygen atoms in total. The summed E-state index contributed by atoms with van der Waals surface area (Å²) in [4.78, 5) is 73.5. The molecule has 0 unspecified atom stereocenters. The van der Waals surface area contributed by atoms with Gasteiger partial charge in [0.15, 0.2) is 0 Å². The molecule has 4 aromatic carbocycles. The minimum Gasteiger partial charge on any atom is -0.460 e. The third kappa shape index (κ3) is 15.3.